The molecule has 4 bridgehead atoms. The quantitative estimate of drug-likeness (QED) is 0.318. The number of hydrogen-bond acceptors (Lipinski definition) is 13. The van der Waals surface area contributed by atoms with Gasteiger partial charge in [0.1, 0.15) is 24.5 Å². The number of piperazine rings is 2. The van der Waals surface area contributed by atoms with E-state index in [0.29, 0.717) is 22.5 Å². The molecule has 244 valence electrons. The normalized spacial score (nSPS) is 46.5. The zero-order valence-corrected chi connectivity index (χ0v) is 29.4. The summed E-state index contributed by atoms with van der Waals surface area (Å²) < 4.78 is 0. The van der Waals surface area contributed by atoms with Crippen molar-refractivity contribution in [2.45, 2.75) is 68.7 Å². The molecule has 17 heteroatoms. The third-order valence-electron chi connectivity index (χ3n) is 12.1. The molecule has 10 heterocycles. The monoisotopic (exact) mass is 728 g/mol. The van der Waals surface area contributed by atoms with Crippen molar-refractivity contribution in [3.05, 3.63) is 59.7 Å². The highest BCUT2D eigenvalue weighted by Gasteiger charge is 2.92. The Bertz CT molecular complexity index is 1920. The summed E-state index contributed by atoms with van der Waals surface area (Å²) >= 11 is 0. The van der Waals surface area contributed by atoms with Crippen LogP contribution in [0, 0.1) is 0 Å². The molecule has 8 fully saturated rings. The number of amides is 4. The van der Waals surface area contributed by atoms with Gasteiger partial charge in [0.05, 0.1) is 10.8 Å². The summed E-state index contributed by atoms with van der Waals surface area (Å²) in [4.78, 5) is 58.7. The van der Waals surface area contributed by atoms with Crippen molar-refractivity contribution in [2.75, 3.05) is 24.7 Å². The molecule has 8 saturated heterocycles. The fourth-order valence-corrected chi connectivity index (χ4v) is 19.2. The largest absolute Gasteiger partial charge is 0.388 e. The van der Waals surface area contributed by atoms with Crippen LogP contribution in [0.3, 0.4) is 0 Å². The Balaban J connectivity index is 1.35. The maximum absolute atomic E-state index is 14.9. The van der Waals surface area contributed by atoms with E-state index in [-0.39, 0.29) is 11.8 Å². The molecule has 2 aromatic rings. The number of carbonyl (C=O) groups is 4. The van der Waals surface area contributed by atoms with Gasteiger partial charge in [-0.15, -0.1) is 0 Å². The third kappa shape index (κ3) is 2.56. The summed E-state index contributed by atoms with van der Waals surface area (Å²) in [6.45, 7) is 3.42. The van der Waals surface area contributed by atoms with E-state index in [1.54, 1.807) is 27.9 Å². The number of hydrogen-bond donors (Lipinski definition) is 4. The highest BCUT2D eigenvalue weighted by molar-refractivity contribution is 9.10. The van der Waals surface area contributed by atoms with Gasteiger partial charge in [-0.2, -0.15) is 0 Å². The first kappa shape index (κ1) is 29.5. The molecular weight excluding hydrogens is 701 g/mol. The number of nitrogens with zero attached hydrogens (tertiary/aromatic N) is 4. The lowest BCUT2D eigenvalue weighted by Crippen LogP contribution is -2.77. The molecule has 0 aliphatic carbocycles. The second-order valence-electron chi connectivity index (χ2n) is 13.6. The first-order valence-corrected chi connectivity index (χ1v) is 20.7. The molecule has 0 aromatic heterocycles. The Morgan fingerprint density at radius 3 is 1.53 bits per heavy atom. The molecule has 10 aliphatic heterocycles. The lowest BCUT2D eigenvalue weighted by atomic mass is 9.52. The number of aliphatic hydroxyl groups excluding tert-OH is 2. The lowest BCUT2D eigenvalue weighted by molar-refractivity contribution is -0.166. The fraction of sp³-hybridized carbons (Fsp3) is 0.467. The number of aliphatic hydroxyl groups is 2. The van der Waals surface area contributed by atoms with Crippen LogP contribution >= 0.6 is 53.0 Å². The van der Waals surface area contributed by atoms with Gasteiger partial charge in [0.15, 0.2) is 9.74 Å². The Morgan fingerprint density at radius 1 is 0.617 bits per heavy atom. The van der Waals surface area contributed by atoms with Gasteiger partial charge >= 0.3 is 0 Å². The zero-order valence-electron chi connectivity index (χ0n) is 25.3. The van der Waals surface area contributed by atoms with Gasteiger partial charge in [0.25, 0.3) is 23.6 Å². The maximum Gasteiger partial charge on any atom is 0.264 e. The SMILES string of the molecule is CN1C(=O)[C@]23SS[C@@]1(C)C(=O)N2[C@H]1Nc2ccccc2C1([C@@]12c4ccccc4N[C@@H]1N1C(=O)[C@]4(C)SSS[C@]1(C(=O)N4C)[C@H]2O)[C@@H]3O. The standard InChI is InChI=1S/C30H28N6O6S5/c1-25-21(39)35-19-27(13-9-5-7-11-15(13)31-19,17(37)29(35,45-43-25)23(41)33(25)3)28-14-10-6-8-12-16(14)32-20(28)36-22(40)26(2)34(4)24(42)30(36,18(28)38)46-47-44-26/h5-12,17-20,31-32,37-38H,1-4H3/t17-,18-,19+,20+,25-,26-,27?,28+,29-,30-/m0/s1. The van der Waals surface area contributed by atoms with Crippen molar-refractivity contribution in [3.8, 4) is 0 Å². The molecule has 12 nitrogen and oxygen atoms in total. The van der Waals surface area contributed by atoms with Crippen LogP contribution in [0.2, 0.25) is 0 Å². The third-order valence-corrected chi connectivity index (χ3v) is 21.0. The second-order valence-corrected chi connectivity index (χ2v) is 20.8. The van der Waals surface area contributed by atoms with Gasteiger partial charge < -0.3 is 30.6 Å². The first-order chi connectivity index (χ1) is 22.3. The van der Waals surface area contributed by atoms with Crippen LogP contribution in [-0.4, -0.2) is 112 Å². The summed E-state index contributed by atoms with van der Waals surface area (Å²) in [5.74, 6) is -1.54. The van der Waals surface area contributed by atoms with Crippen LogP contribution in [0.5, 0.6) is 0 Å². The van der Waals surface area contributed by atoms with E-state index in [9.17, 15) is 29.4 Å². The molecule has 0 radical (unpaired) electrons. The van der Waals surface area contributed by atoms with Crippen molar-refractivity contribution in [3.63, 3.8) is 0 Å². The molecule has 12 rings (SSSR count). The topological polar surface area (TPSA) is 146 Å². The molecule has 0 saturated carbocycles. The molecular formula is C30H28N6O6S5. The number of anilines is 2. The van der Waals surface area contributed by atoms with Gasteiger partial charge in [-0.1, -0.05) is 47.2 Å². The maximum atomic E-state index is 14.9. The number of rotatable bonds is 1. The summed E-state index contributed by atoms with van der Waals surface area (Å²) in [6.07, 6.45) is -5.26. The second kappa shape index (κ2) is 8.47. The van der Waals surface area contributed by atoms with E-state index >= 15 is 0 Å². The summed E-state index contributed by atoms with van der Waals surface area (Å²) in [5.41, 5.74) is -0.815. The van der Waals surface area contributed by atoms with Gasteiger partial charge in [0, 0.05) is 25.5 Å². The smallest absolute Gasteiger partial charge is 0.264 e. The number of para-hydroxylation sites is 2. The van der Waals surface area contributed by atoms with Crippen LogP contribution in [0.15, 0.2) is 48.5 Å². The summed E-state index contributed by atoms with van der Waals surface area (Å²) in [5, 5.41) is 33.8. The van der Waals surface area contributed by atoms with Gasteiger partial charge in [-0.25, -0.2) is 0 Å². The minimum atomic E-state index is -1.79. The Morgan fingerprint density at radius 2 is 1.04 bits per heavy atom. The van der Waals surface area contributed by atoms with E-state index < -0.39 is 66.7 Å². The highest BCUT2D eigenvalue weighted by Crippen LogP contribution is 2.78. The molecule has 2 aromatic carbocycles. The molecule has 4 N–H and O–H groups in total. The van der Waals surface area contributed by atoms with Crippen LogP contribution in [0.25, 0.3) is 0 Å². The van der Waals surface area contributed by atoms with Crippen molar-refractivity contribution < 1.29 is 29.4 Å². The molecule has 47 heavy (non-hydrogen) atoms. The predicted molar refractivity (Wildman–Crippen MR) is 183 cm³/mol. The van der Waals surface area contributed by atoms with Crippen molar-refractivity contribution in [1.29, 1.82) is 0 Å². The van der Waals surface area contributed by atoms with Gasteiger partial charge in [-0.05, 0) is 79.3 Å². The van der Waals surface area contributed by atoms with E-state index in [1.807, 2.05) is 48.5 Å². The fourth-order valence-electron chi connectivity index (χ4n) is 9.79. The van der Waals surface area contributed by atoms with Crippen LogP contribution in [-0.2, 0) is 30.0 Å². The zero-order chi connectivity index (χ0) is 32.8. The number of likely N-dealkylation sites (N-methyl/N-ethyl adjacent to an activating group) is 2. The number of carbonyl (C=O) groups excluding carboxylic acids is 4. The van der Waals surface area contributed by atoms with Crippen LogP contribution in [0.4, 0.5) is 11.4 Å². The number of nitrogens with one attached hydrogen (secondary N) is 2. The first-order valence-electron chi connectivity index (χ1n) is 15.1. The Hall–Kier alpha value is -2.41. The highest BCUT2D eigenvalue weighted by atomic mass is 33.5. The van der Waals surface area contributed by atoms with E-state index in [0.717, 1.165) is 10.8 Å². The van der Waals surface area contributed by atoms with Gasteiger partial charge in [-0.3, -0.25) is 29.0 Å². The molecule has 1 unspecified atom stereocenters. The number of benzene rings is 2. The summed E-state index contributed by atoms with van der Waals surface area (Å²) in [6, 6.07) is 14.8. The Labute approximate surface area is 288 Å². The van der Waals surface area contributed by atoms with Gasteiger partial charge in [0.2, 0.25) is 9.74 Å². The van der Waals surface area contributed by atoms with E-state index in [4.69, 9.17) is 0 Å². The minimum Gasteiger partial charge on any atom is -0.388 e. The predicted octanol–water partition coefficient (Wildman–Crippen LogP) is 1.98. The minimum absolute atomic E-state index is 0.344. The molecule has 2 spiro atoms. The average molecular weight is 729 g/mol. The summed E-state index contributed by atoms with van der Waals surface area (Å²) in [7, 11) is 9.28. The molecule has 10 aliphatic rings. The van der Waals surface area contributed by atoms with Crippen molar-refractivity contribution >= 4 is 88.0 Å². The van der Waals surface area contributed by atoms with E-state index in [1.165, 1.54) is 61.8 Å². The molecule has 10 atom stereocenters. The van der Waals surface area contributed by atoms with Crippen LogP contribution in [0.1, 0.15) is 25.0 Å². The average Bonchev–Trinajstić information content (AvgIpc) is 3.67. The molecule has 4 amide bonds. The van der Waals surface area contributed by atoms with E-state index in [2.05, 4.69) is 10.6 Å². The lowest BCUT2D eigenvalue weighted by Gasteiger charge is -2.58. The Kier molecular flexibility index (Phi) is 5.32. The number of fused-ring (bicyclic) bond motifs is 12. The van der Waals surface area contributed by atoms with Crippen molar-refractivity contribution in [1.82, 2.24) is 19.6 Å². The van der Waals surface area contributed by atoms with Crippen LogP contribution < -0.4 is 10.6 Å². The van der Waals surface area contributed by atoms with Crippen molar-refractivity contribution in [2.24, 2.45) is 0 Å².